The summed E-state index contributed by atoms with van der Waals surface area (Å²) < 4.78 is 0. The molecule has 0 bridgehead atoms. The molecule has 0 radical (unpaired) electrons. The first-order chi connectivity index (χ1) is 8.06. The maximum absolute atomic E-state index is 10.7. The number of carboxylic acids is 1. The second kappa shape index (κ2) is 3.76. The van der Waals surface area contributed by atoms with E-state index in [1.807, 2.05) is 0 Å². The maximum Gasteiger partial charge on any atom is 0.347 e. The molecular weight excluding hydrogens is 238 g/mol. The minimum absolute atomic E-state index is 0.320. The van der Waals surface area contributed by atoms with Crippen molar-refractivity contribution < 1.29 is 9.90 Å². The lowest BCUT2D eigenvalue weighted by Crippen LogP contribution is -2.64. The highest BCUT2D eigenvalue weighted by atomic mass is 32.1. The Morgan fingerprint density at radius 1 is 1.65 bits per heavy atom. The SMILES string of the molecule is NC1CC2(C1)CN(Cc1ncc(C(=O)O)s1)C2. The predicted octanol–water partition coefficient (Wildman–Crippen LogP) is 0.764. The number of nitrogens with two attached hydrogens (primary N) is 1. The van der Waals surface area contributed by atoms with E-state index in [0.29, 0.717) is 16.3 Å². The van der Waals surface area contributed by atoms with Gasteiger partial charge in [-0.3, -0.25) is 4.90 Å². The molecule has 1 aliphatic carbocycles. The lowest BCUT2D eigenvalue weighted by atomic mass is 9.61. The average molecular weight is 253 g/mol. The van der Waals surface area contributed by atoms with Gasteiger partial charge in [0.1, 0.15) is 9.88 Å². The Morgan fingerprint density at radius 2 is 2.35 bits per heavy atom. The molecule has 1 saturated carbocycles. The van der Waals surface area contributed by atoms with Crippen LogP contribution in [0.5, 0.6) is 0 Å². The summed E-state index contributed by atoms with van der Waals surface area (Å²) in [5, 5.41) is 9.70. The molecule has 17 heavy (non-hydrogen) atoms. The van der Waals surface area contributed by atoms with Gasteiger partial charge in [-0.1, -0.05) is 0 Å². The molecule has 6 heteroatoms. The third kappa shape index (κ3) is 1.96. The van der Waals surface area contributed by atoms with Gasteiger partial charge in [0.15, 0.2) is 0 Å². The molecule has 1 aliphatic heterocycles. The number of likely N-dealkylation sites (tertiary alicyclic amines) is 1. The first-order valence-corrected chi connectivity index (χ1v) is 6.54. The maximum atomic E-state index is 10.7. The first kappa shape index (κ1) is 11.1. The van der Waals surface area contributed by atoms with Gasteiger partial charge in [-0.2, -0.15) is 0 Å². The van der Waals surface area contributed by atoms with Crippen LogP contribution in [0.2, 0.25) is 0 Å². The summed E-state index contributed by atoms with van der Waals surface area (Å²) in [6, 6.07) is 0.399. The zero-order valence-electron chi connectivity index (χ0n) is 9.43. The summed E-state index contributed by atoms with van der Waals surface area (Å²) >= 11 is 1.27. The Bertz CT molecular complexity index is 445. The molecule has 2 heterocycles. The van der Waals surface area contributed by atoms with Crippen LogP contribution in [-0.4, -0.2) is 40.1 Å². The van der Waals surface area contributed by atoms with Crippen LogP contribution in [0.4, 0.5) is 0 Å². The minimum Gasteiger partial charge on any atom is -0.477 e. The van der Waals surface area contributed by atoms with Crippen LogP contribution in [0.25, 0.3) is 0 Å². The molecule has 0 atom stereocenters. The average Bonchev–Trinajstić information content (AvgIpc) is 2.60. The zero-order chi connectivity index (χ0) is 12.0. The molecule has 3 rings (SSSR count). The van der Waals surface area contributed by atoms with Crippen molar-refractivity contribution in [2.45, 2.75) is 25.4 Å². The summed E-state index contributed by atoms with van der Waals surface area (Å²) in [6.45, 7) is 2.94. The van der Waals surface area contributed by atoms with Crippen LogP contribution in [-0.2, 0) is 6.54 Å². The number of nitrogens with zero attached hydrogens (tertiary/aromatic N) is 2. The van der Waals surface area contributed by atoms with Gasteiger partial charge in [0.2, 0.25) is 0 Å². The lowest BCUT2D eigenvalue weighted by molar-refractivity contribution is -0.0752. The van der Waals surface area contributed by atoms with E-state index < -0.39 is 5.97 Å². The molecule has 1 spiro atoms. The molecule has 1 aromatic rings. The topological polar surface area (TPSA) is 79.5 Å². The Morgan fingerprint density at radius 3 is 2.88 bits per heavy atom. The van der Waals surface area contributed by atoms with E-state index in [0.717, 1.165) is 37.5 Å². The van der Waals surface area contributed by atoms with Gasteiger partial charge in [0.25, 0.3) is 0 Å². The monoisotopic (exact) mass is 253 g/mol. The van der Waals surface area contributed by atoms with Crippen molar-refractivity contribution in [3.8, 4) is 0 Å². The van der Waals surface area contributed by atoms with Crippen molar-refractivity contribution in [3.05, 3.63) is 16.1 Å². The normalized spacial score (nSPS) is 23.4. The fraction of sp³-hybridized carbons (Fsp3) is 0.636. The number of carbonyl (C=O) groups is 1. The molecule has 3 N–H and O–H groups in total. The van der Waals surface area contributed by atoms with Gasteiger partial charge in [-0.25, -0.2) is 9.78 Å². The molecule has 1 aromatic heterocycles. The quantitative estimate of drug-likeness (QED) is 0.831. The molecule has 0 amide bonds. The first-order valence-electron chi connectivity index (χ1n) is 5.72. The van der Waals surface area contributed by atoms with Gasteiger partial charge in [-0.15, -0.1) is 11.3 Å². The van der Waals surface area contributed by atoms with Crippen molar-refractivity contribution in [2.24, 2.45) is 11.1 Å². The molecule has 5 nitrogen and oxygen atoms in total. The molecule has 0 aromatic carbocycles. The fourth-order valence-corrected chi connectivity index (χ4v) is 3.80. The van der Waals surface area contributed by atoms with Crippen molar-refractivity contribution in [1.82, 2.24) is 9.88 Å². The number of rotatable bonds is 3. The predicted molar refractivity (Wildman–Crippen MR) is 64.0 cm³/mol. The van der Waals surface area contributed by atoms with Gasteiger partial charge >= 0.3 is 5.97 Å². The number of carboxylic acid groups (broad SMARTS) is 1. The Hall–Kier alpha value is -0.980. The molecule has 2 aliphatic rings. The van der Waals surface area contributed by atoms with Crippen LogP contribution in [0.3, 0.4) is 0 Å². The Kier molecular flexibility index (Phi) is 2.46. The summed E-state index contributed by atoms with van der Waals surface area (Å²) in [4.78, 5) is 17.5. The third-order valence-corrected chi connectivity index (χ3v) is 4.60. The van der Waals surface area contributed by atoms with E-state index in [1.54, 1.807) is 0 Å². The van der Waals surface area contributed by atoms with Crippen LogP contribution in [0.1, 0.15) is 27.5 Å². The highest BCUT2D eigenvalue weighted by molar-refractivity contribution is 7.13. The van der Waals surface area contributed by atoms with E-state index in [-0.39, 0.29) is 0 Å². The summed E-state index contributed by atoms with van der Waals surface area (Å²) in [7, 11) is 0. The second-order valence-corrected chi connectivity index (χ2v) is 6.35. The van der Waals surface area contributed by atoms with Crippen LogP contribution >= 0.6 is 11.3 Å². The zero-order valence-corrected chi connectivity index (χ0v) is 10.2. The smallest absolute Gasteiger partial charge is 0.347 e. The Labute approximate surface area is 103 Å². The summed E-state index contributed by atoms with van der Waals surface area (Å²) in [5.74, 6) is -0.890. The van der Waals surface area contributed by atoms with E-state index in [9.17, 15) is 4.79 Å². The lowest BCUT2D eigenvalue weighted by Gasteiger charge is -2.58. The van der Waals surface area contributed by atoms with Crippen molar-refractivity contribution >= 4 is 17.3 Å². The number of thiazole rings is 1. The van der Waals surface area contributed by atoms with Gasteiger partial charge in [0, 0.05) is 19.1 Å². The number of hydrogen-bond donors (Lipinski definition) is 2. The van der Waals surface area contributed by atoms with E-state index in [1.165, 1.54) is 17.5 Å². The van der Waals surface area contributed by atoms with E-state index >= 15 is 0 Å². The van der Waals surface area contributed by atoms with Crippen molar-refractivity contribution in [2.75, 3.05) is 13.1 Å². The highest BCUT2D eigenvalue weighted by Gasteiger charge is 2.50. The standard InChI is InChI=1S/C11H15N3O2S/c12-7-1-11(2-7)5-14(6-11)4-9-13-3-8(17-9)10(15)16/h3,7H,1-2,4-6,12H2,(H,15,16). The van der Waals surface area contributed by atoms with Crippen LogP contribution in [0.15, 0.2) is 6.20 Å². The highest BCUT2D eigenvalue weighted by Crippen LogP contribution is 2.47. The van der Waals surface area contributed by atoms with Crippen molar-refractivity contribution in [1.29, 1.82) is 0 Å². The molecular formula is C11H15N3O2S. The largest absolute Gasteiger partial charge is 0.477 e. The Balaban J connectivity index is 1.53. The van der Waals surface area contributed by atoms with Crippen LogP contribution in [0, 0.1) is 5.41 Å². The van der Waals surface area contributed by atoms with Gasteiger partial charge < -0.3 is 10.8 Å². The fourth-order valence-electron chi connectivity index (χ4n) is 3.00. The summed E-state index contributed by atoms with van der Waals surface area (Å²) in [5.41, 5.74) is 6.28. The van der Waals surface area contributed by atoms with Gasteiger partial charge in [-0.05, 0) is 18.3 Å². The van der Waals surface area contributed by atoms with E-state index in [4.69, 9.17) is 10.8 Å². The second-order valence-electron chi connectivity index (χ2n) is 5.24. The van der Waals surface area contributed by atoms with Crippen LogP contribution < -0.4 is 5.73 Å². The minimum atomic E-state index is -0.890. The van der Waals surface area contributed by atoms with Gasteiger partial charge in [0.05, 0.1) is 12.7 Å². The third-order valence-electron chi connectivity index (χ3n) is 3.63. The number of aromatic carboxylic acids is 1. The molecule has 1 saturated heterocycles. The van der Waals surface area contributed by atoms with Crippen molar-refractivity contribution in [3.63, 3.8) is 0 Å². The molecule has 0 unspecified atom stereocenters. The molecule has 2 fully saturated rings. The number of aromatic nitrogens is 1. The van der Waals surface area contributed by atoms with E-state index in [2.05, 4.69) is 9.88 Å². The molecule has 92 valence electrons. The summed E-state index contributed by atoms with van der Waals surface area (Å²) in [6.07, 6.45) is 3.72. The number of hydrogen-bond acceptors (Lipinski definition) is 5.